The highest BCUT2D eigenvalue weighted by molar-refractivity contribution is 7.11. The third-order valence-electron chi connectivity index (χ3n) is 5.16. The van der Waals surface area contributed by atoms with Crippen molar-refractivity contribution in [2.24, 2.45) is 0 Å². The summed E-state index contributed by atoms with van der Waals surface area (Å²) in [5.41, 5.74) is 2.67. The Morgan fingerprint density at radius 2 is 1.92 bits per heavy atom. The number of aromatic nitrogens is 1. The Morgan fingerprint density at radius 3 is 2.64 bits per heavy atom. The van der Waals surface area contributed by atoms with Crippen LogP contribution in [0, 0.1) is 21.4 Å². The molecule has 0 saturated carbocycles. The van der Waals surface area contributed by atoms with Crippen LogP contribution in [0.15, 0.2) is 78.2 Å². The maximum atomic E-state index is 12.3. The Labute approximate surface area is 210 Å². The van der Waals surface area contributed by atoms with E-state index in [9.17, 15) is 20.2 Å². The second kappa shape index (κ2) is 11.1. The first-order valence-corrected chi connectivity index (χ1v) is 11.6. The molecule has 0 bridgehead atoms. The third kappa shape index (κ3) is 5.63. The van der Waals surface area contributed by atoms with Crippen LogP contribution in [0.5, 0.6) is 11.5 Å². The van der Waals surface area contributed by atoms with Crippen LogP contribution in [0.25, 0.3) is 22.9 Å². The molecule has 1 heterocycles. The molecule has 4 aromatic rings. The molecule has 0 unspecified atom stereocenters. The van der Waals surface area contributed by atoms with E-state index in [0.29, 0.717) is 44.5 Å². The molecule has 0 atom stereocenters. The summed E-state index contributed by atoms with van der Waals surface area (Å²) in [7, 11) is 1.49. The Bertz CT molecular complexity index is 1490. The molecular formula is C27H19N3O5S. The number of rotatable bonds is 9. The number of thiazole rings is 1. The molecule has 0 aliphatic carbocycles. The van der Waals surface area contributed by atoms with Gasteiger partial charge < -0.3 is 9.47 Å². The minimum Gasteiger partial charge on any atom is -0.493 e. The Balaban J connectivity index is 1.53. The maximum Gasteiger partial charge on any atom is 0.270 e. The van der Waals surface area contributed by atoms with Gasteiger partial charge in [0.1, 0.15) is 11.1 Å². The lowest BCUT2D eigenvalue weighted by Gasteiger charge is -2.11. The molecule has 0 spiro atoms. The summed E-state index contributed by atoms with van der Waals surface area (Å²) < 4.78 is 11.1. The van der Waals surface area contributed by atoms with E-state index in [1.54, 1.807) is 66.1 Å². The molecule has 0 amide bonds. The number of carbonyl (C=O) groups excluding carboxylic acids is 1. The largest absolute Gasteiger partial charge is 0.493 e. The van der Waals surface area contributed by atoms with E-state index < -0.39 is 4.92 Å². The lowest BCUT2D eigenvalue weighted by molar-refractivity contribution is -0.384. The highest BCUT2D eigenvalue weighted by atomic mass is 32.1. The van der Waals surface area contributed by atoms with Gasteiger partial charge in [0, 0.05) is 28.6 Å². The summed E-state index contributed by atoms with van der Waals surface area (Å²) in [5, 5.41) is 23.0. The normalized spacial score (nSPS) is 10.9. The Kier molecular flexibility index (Phi) is 7.48. The van der Waals surface area contributed by atoms with Gasteiger partial charge in [0.05, 0.1) is 23.3 Å². The van der Waals surface area contributed by atoms with Crippen LogP contribution in [-0.2, 0) is 0 Å². The number of nitro groups is 1. The van der Waals surface area contributed by atoms with E-state index in [-0.39, 0.29) is 18.1 Å². The number of hydrogen-bond acceptors (Lipinski definition) is 8. The lowest BCUT2D eigenvalue weighted by Crippen LogP contribution is -2.11. The molecule has 0 aliphatic heterocycles. The van der Waals surface area contributed by atoms with E-state index in [1.165, 1.54) is 30.6 Å². The number of allylic oxidation sites excluding steroid dienone is 1. The number of hydrogen-bond donors (Lipinski definition) is 0. The molecule has 0 saturated heterocycles. The van der Waals surface area contributed by atoms with Crippen molar-refractivity contribution in [3.63, 3.8) is 0 Å². The van der Waals surface area contributed by atoms with Crippen LogP contribution < -0.4 is 9.47 Å². The van der Waals surface area contributed by atoms with Crippen LogP contribution in [0.2, 0.25) is 0 Å². The van der Waals surface area contributed by atoms with Gasteiger partial charge in [-0.2, -0.15) is 5.26 Å². The minimum absolute atomic E-state index is 0.0297. The molecule has 178 valence electrons. The Hall–Kier alpha value is -4.81. The standard InChI is InChI=1S/C27H19N3O5S/c1-34-26-13-18(10-11-25(26)35-16-24(31)19-6-3-2-4-7-19)12-21(15-28)27-29-23(17-36-27)20-8-5-9-22(14-20)30(32)33/h2-14,17H,16H2,1H3. The maximum absolute atomic E-state index is 12.3. The molecule has 9 heteroatoms. The fraction of sp³-hybridized carbons (Fsp3) is 0.0741. The van der Waals surface area contributed by atoms with Gasteiger partial charge in [-0.05, 0) is 23.8 Å². The predicted octanol–water partition coefficient (Wildman–Crippen LogP) is 6.05. The van der Waals surface area contributed by atoms with E-state index in [2.05, 4.69) is 11.1 Å². The summed E-state index contributed by atoms with van der Waals surface area (Å²) in [6.07, 6.45) is 1.66. The Morgan fingerprint density at radius 1 is 1.11 bits per heavy atom. The van der Waals surface area contributed by atoms with Crippen LogP contribution in [0.3, 0.4) is 0 Å². The third-order valence-corrected chi connectivity index (χ3v) is 6.04. The first-order chi connectivity index (χ1) is 17.5. The number of nitrogens with zero attached hydrogens (tertiary/aromatic N) is 3. The van der Waals surface area contributed by atoms with Crippen LogP contribution in [-0.4, -0.2) is 29.4 Å². The van der Waals surface area contributed by atoms with Crippen molar-refractivity contribution in [3.05, 3.63) is 104 Å². The molecule has 1 aromatic heterocycles. The van der Waals surface area contributed by atoms with Gasteiger partial charge in [0.15, 0.2) is 23.9 Å². The molecule has 4 rings (SSSR count). The van der Waals surface area contributed by atoms with Crippen LogP contribution >= 0.6 is 11.3 Å². The average Bonchev–Trinajstić information content (AvgIpc) is 3.41. The second-order valence-electron chi connectivity index (χ2n) is 7.50. The average molecular weight is 498 g/mol. The van der Waals surface area contributed by atoms with Gasteiger partial charge in [-0.25, -0.2) is 4.98 Å². The van der Waals surface area contributed by atoms with E-state index in [0.717, 1.165) is 0 Å². The van der Waals surface area contributed by atoms with Gasteiger partial charge in [-0.3, -0.25) is 14.9 Å². The topological polar surface area (TPSA) is 115 Å². The molecule has 0 fully saturated rings. The summed E-state index contributed by atoms with van der Waals surface area (Å²) in [5.74, 6) is 0.662. The number of Topliss-reactive ketones (excluding diaryl/α,β-unsaturated/α-hetero) is 1. The van der Waals surface area contributed by atoms with Crippen molar-refractivity contribution in [2.75, 3.05) is 13.7 Å². The molecular weight excluding hydrogens is 478 g/mol. The zero-order valence-corrected chi connectivity index (χ0v) is 19.9. The zero-order chi connectivity index (χ0) is 25.5. The van der Waals surface area contributed by atoms with Crippen LogP contribution in [0.4, 0.5) is 5.69 Å². The smallest absolute Gasteiger partial charge is 0.270 e. The zero-order valence-electron chi connectivity index (χ0n) is 19.1. The summed E-state index contributed by atoms with van der Waals surface area (Å²) in [6.45, 7) is -0.140. The fourth-order valence-corrected chi connectivity index (χ4v) is 4.16. The minimum atomic E-state index is -0.463. The van der Waals surface area contributed by atoms with Gasteiger partial charge in [-0.1, -0.05) is 48.5 Å². The first kappa shape index (κ1) is 24.3. The number of nitro benzene ring substituents is 1. The first-order valence-electron chi connectivity index (χ1n) is 10.7. The summed E-state index contributed by atoms with van der Waals surface area (Å²) in [6, 6.07) is 22.3. The van der Waals surface area contributed by atoms with Crippen molar-refractivity contribution in [2.45, 2.75) is 0 Å². The molecule has 3 aromatic carbocycles. The van der Waals surface area contributed by atoms with Gasteiger partial charge in [-0.15, -0.1) is 11.3 Å². The van der Waals surface area contributed by atoms with E-state index in [4.69, 9.17) is 9.47 Å². The number of methoxy groups -OCH3 is 1. The lowest BCUT2D eigenvalue weighted by atomic mass is 10.1. The SMILES string of the molecule is COc1cc(C=C(C#N)c2nc(-c3cccc([N+](=O)[O-])c3)cs2)ccc1OCC(=O)c1ccccc1. The number of ketones is 1. The van der Waals surface area contributed by atoms with Gasteiger partial charge in [0.25, 0.3) is 5.69 Å². The number of nitriles is 1. The molecule has 0 N–H and O–H groups in total. The quantitative estimate of drug-likeness (QED) is 0.120. The van der Waals surface area contributed by atoms with E-state index in [1.807, 2.05) is 6.07 Å². The second-order valence-corrected chi connectivity index (χ2v) is 8.36. The highest BCUT2D eigenvalue weighted by Gasteiger charge is 2.14. The van der Waals surface area contributed by atoms with Crippen molar-refractivity contribution in [1.82, 2.24) is 4.98 Å². The van der Waals surface area contributed by atoms with Crippen molar-refractivity contribution in [1.29, 1.82) is 5.26 Å². The molecule has 0 radical (unpaired) electrons. The molecule has 0 aliphatic rings. The van der Waals surface area contributed by atoms with Crippen molar-refractivity contribution >= 4 is 34.5 Å². The van der Waals surface area contributed by atoms with Crippen molar-refractivity contribution in [3.8, 4) is 28.8 Å². The summed E-state index contributed by atoms with van der Waals surface area (Å²) in [4.78, 5) is 27.4. The number of ether oxygens (including phenoxy) is 2. The van der Waals surface area contributed by atoms with Gasteiger partial charge in [0.2, 0.25) is 0 Å². The van der Waals surface area contributed by atoms with E-state index >= 15 is 0 Å². The summed E-state index contributed by atoms with van der Waals surface area (Å²) >= 11 is 1.27. The fourth-order valence-electron chi connectivity index (χ4n) is 3.36. The number of carbonyl (C=O) groups is 1. The van der Waals surface area contributed by atoms with Gasteiger partial charge >= 0.3 is 0 Å². The monoisotopic (exact) mass is 497 g/mol. The molecule has 36 heavy (non-hydrogen) atoms. The van der Waals surface area contributed by atoms with Crippen molar-refractivity contribution < 1.29 is 19.2 Å². The number of benzene rings is 3. The molecule has 8 nitrogen and oxygen atoms in total. The van der Waals surface area contributed by atoms with Crippen LogP contribution in [0.1, 0.15) is 20.9 Å². The predicted molar refractivity (Wildman–Crippen MR) is 137 cm³/mol. The highest BCUT2D eigenvalue weighted by Crippen LogP contribution is 2.32. The number of non-ortho nitro benzene ring substituents is 1.